The lowest BCUT2D eigenvalue weighted by Crippen LogP contribution is -2.39. The van der Waals surface area contributed by atoms with E-state index in [1.807, 2.05) is 35.2 Å². The molecule has 1 aromatic heterocycles. The number of aromatic nitrogens is 2. The lowest BCUT2D eigenvalue weighted by molar-refractivity contribution is -0.135. The van der Waals surface area contributed by atoms with Gasteiger partial charge in [-0.3, -0.25) is 4.79 Å². The van der Waals surface area contributed by atoms with Crippen molar-refractivity contribution in [3.63, 3.8) is 0 Å². The third-order valence-corrected chi connectivity index (χ3v) is 3.85. The van der Waals surface area contributed by atoms with Crippen LogP contribution >= 0.6 is 0 Å². The first kappa shape index (κ1) is 13.8. The molecule has 1 aliphatic rings. The second-order valence-electron chi connectivity index (χ2n) is 5.44. The molecule has 0 aliphatic carbocycles. The highest BCUT2D eigenvalue weighted by atomic mass is 16.5. The zero-order chi connectivity index (χ0) is 14.7. The maximum absolute atomic E-state index is 12.6. The van der Waals surface area contributed by atoms with Crippen molar-refractivity contribution in [2.75, 3.05) is 6.54 Å². The van der Waals surface area contributed by atoms with E-state index < -0.39 is 0 Å². The van der Waals surface area contributed by atoms with Crippen molar-refractivity contribution < 1.29 is 9.32 Å². The molecule has 1 aromatic carbocycles. The van der Waals surface area contributed by atoms with Gasteiger partial charge in [0.25, 0.3) is 0 Å². The van der Waals surface area contributed by atoms with Gasteiger partial charge >= 0.3 is 0 Å². The minimum Gasteiger partial charge on any atom is -0.337 e. The Labute approximate surface area is 124 Å². The van der Waals surface area contributed by atoms with Crippen LogP contribution in [0.2, 0.25) is 0 Å². The fourth-order valence-electron chi connectivity index (χ4n) is 2.81. The number of benzene rings is 1. The number of hydrogen-bond donors (Lipinski definition) is 0. The van der Waals surface area contributed by atoms with Crippen LogP contribution in [-0.4, -0.2) is 27.5 Å². The number of likely N-dealkylation sites (tertiary alicyclic amines) is 1. The summed E-state index contributed by atoms with van der Waals surface area (Å²) < 4.78 is 5.28. The van der Waals surface area contributed by atoms with E-state index in [2.05, 4.69) is 10.1 Å². The van der Waals surface area contributed by atoms with Crippen molar-refractivity contribution >= 4 is 5.91 Å². The van der Waals surface area contributed by atoms with Crippen LogP contribution in [0.4, 0.5) is 0 Å². The number of nitrogens with zero attached hydrogens (tertiary/aromatic N) is 3. The largest absolute Gasteiger partial charge is 0.337 e. The molecule has 5 nitrogen and oxygen atoms in total. The summed E-state index contributed by atoms with van der Waals surface area (Å²) in [5.41, 5.74) is 1.04. The van der Waals surface area contributed by atoms with Crippen LogP contribution < -0.4 is 0 Å². The number of rotatable bonds is 3. The Bertz CT molecular complexity index is 609. The Kier molecular flexibility index (Phi) is 3.99. The van der Waals surface area contributed by atoms with E-state index in [0.29, 0.717) is 18.1 Å². The summed E-state index contributed by atoms with van der Waals surface area (Å²) in [6.07, 6.45) is 3.43. The summed E-state index contributed by atoms with van der Waals surface area (Å²) >= 11 is 0. The molecule has 5 heteroatoms. The summed E-state index contributed by atoms with van der Waals surface area (Å²) in [5.74, 6) is 1.31. The Balaban J connectivity index is 1.76. The Morgan fingerprint density at radius 1 is 1.33 bits per heavy atom. The van der Waals surface area contributed by atoms with Gasteiger partial charge in [-0.1, -0.05) is 35.5 Å². The monoisotopic (exact) mass is 285 g/mol. The van der Waals surface area contributed by atoms with Gasteiger partial charge in [-0.05, 0) is 31.7 Å². The highest BCUT2D eigenvalue weighted by Gasteiger charge is 2.31. The van der Waals surface area contributed by atoms with Crippen LogP contribution in [0.1, 0.15) is 42.6 Å². The van der Waals surface area contributed by atoms with E-state index in [9.17, 15) is 4.79 Å². The number of hydrogen-bond acceptors (Lipinski definition) is 4. The lowest BCUT2D eigenvalue weighted by Gasteiger charge is -2.33. The normalized spacial score (nSPS) is 18.7. The minimum atomic E-state index is -0.0730. The van der Waals surface area contributed by atoms with Gasteiger partial charge in [-0.15, -0.1) is 0 Å². The first-order valence-corrected chi connectivity index (χ1v) is 7.37. The average Bonchev–Trinajstić information content (AvgIpc) is 2.95. The molecule has 0 radical (unpaired) electrons. The van der Waals surface area contributed by atoms with Gasteiger partial charge in [0.2, 0.25) is 11.8 Å². The summed E-state index contributed by atoms with van der Waals surface area (Å²) in [6.45, 7) is 2.56. The SMILES string of the molecule is Cc1noc(C2CCCCN2C(=O)Cc2ccccc2)n1. The van der Waals surface area contributed by atoms with Crippen LogP contribution in [-0.2, 0) is 11.2 Å². The topological polar surface area (TPSA) is 59.2 Å². The predicted molar refractivity (Wildman–Crippen MR) is 77.5 cm³/mol. The van der Waals surface area contributed by atoms with Crippen LogP contribution in [0.15, 0.2) is 34.9 Å². The van der Waals surface area contributed by atoms with Gasteiger partial charge in [0.05, 0.1) is 6.42 Å². The standard InChI is InChI=1S/C16H19N3O2/c1-12-17-16(21-18-12)14-9-5-6-10-19(14)15(20)11-13-7-3-2-4-8-13/h2-4,7-8,14H,5-6,9-11H2,1H3. The quantitative estimate of drug-likeness (QED) is 0.870. The van der Waals surface area contributed by atoms with E-state index in [1.165, 1.54) is 0 Å². The number of piperidine rings is 1. The summed E-state index contributed by atoms with van der Waals surface area (Å²) in [5, 5.41) is 3.85. The number of amides is 1. The maximum atomic E-state index is 12.6. The number of carbonyl (C=O) groups is 1. The van der Waals surface area contributed by atoms with Crippen molar-refractivity contribution in [1.82, 2.24) is 15.0 Å². The summed E-state index contributed by atoms with van der Waals surface area (Å²) in [7, 11) is 0. The lowest BCUT2D eigenvalue weighted by atomic mass is 10.0. The molecule has 0 N–H and O–H groups in total. The Morgan fingerprint density at radius 2 is 2.14 bits per heavy atom. The molecule has 1 amide bonds. The number of carbonyl (C=O) groups excluding carboxylic acids is 1. The Hall–Kier alpha value is -2.17. The molecular weight excluding hydrogens is 266 g/mol. The van der Waals surface area contributed by atoms with Crippen molar-refractivity contribution in [2.24, 2.45) is 0 Å². The van der Waals surface area contributed by atoms with Crippen molar-refractivity contribution in [3.05, 3.63) is 47.6 Å². The third kappa shape index (κ3) is 3.12. The number of aryl methyl sites for hydroxylation is 1. The average molecular weight is 285 g/mol. The molecule has 2 aromatic rings. The Morgan fingerprint density at radius 3 is 2.86 bits per heavy atom. The van der Waals surface area contributed by atoms with Crippen molar-refractivity contribution in [3.8, 4) is 0 Å². The van der Waals surface area contributed by atoms with Gasteiger partial charge in [-0.2, -0.15) is 4.98 Å². The fourth-order valence-corrected chi connectivity index (χ4v) is 2.81. The second-order valence-corrected chi connectivity index (χ2v) is 5.44. The molecule has 1 atom stereocenters. The zero-order valence-corrected chi connectivity index (χ0v) is 12.2. The predicted octanol–water partition coefficient (Wildman–Crippen LogP) is 2.67. The highest BCUT2D eigenvalue weighted by Crippen LogP contribution is 2.30. The van der Waals surface area contributed by atoms with Crippen LogP contribution in [0, 0.1) is 6.92 Å². The van der Waals surface area contributed by atoms with Crippen LogP contribution in [0.25, 0.3) is 0 Å². The van der Waals surface area contributed by atoms with E-state index in [4.69, 9.17) is 4.52 Å². The van der Waals surface area contributed by atoms with E-state index in [0.717, 1.165) is 31.4 Å². The molecule has 0 bridgehead atoms. The van der Waals surface area contributed by atoms with E-state index in [-0.39, 0.29) is 11.9 Å². The molecule has 1 saturated heterocycles. The molecule has 0 saturated carbocycles. The molecule has 110 valence electrons. The molecule has 0 spiro atoms. The van der Waals surface area contributed by atoms with E-state index >= 15 is 0 Å². The molecule has 1 fully saturated rings. The fraction of sp³-hybridized carbons (Fsp3) is 0.438. The minimum absolute atomic E-state index is 0.0730. The first-order chi connectivity index (χ1) is 10.2. The van der Waals surface area contributed by atoms with Gasteiger partial charge in [0.1, 0.15) is 6.04 Å². The third-order valence-electron chi connectivity index (χ3n) is 3.85. The first-order valence-electron chi connectivity index (χ1n) is 7.37. The molecule has 2 heterocycles. The van der Waals surface area contributed by atoms with Gasteiger partial charge in [0.15, 0.2) is 5.82 Å². The highest BCUT2D eigenvalue weighted by molar-refractivity contribution is 5.79. The van der Waals surface area contributed by atoms with Gasteiger partial charge in [0, 0.05) is 6.54 Å². The van der Waals surface area contributed by atoms with Crippen molar-refractivity contribution in [2.45, 2.75) is 38.6 Å². The van der Waals surface area contributed by atoms with E-state index in [1.54, 1.807) is 6.92 Å². The molecule has 3 rings (SSSR count). The van der Waals surface area contributed by atoms with Crippen LogP contribution in [0.5, 0.6) is 0 Å². The molecule has 1 aliphatic heterocycles. The maximum Gasteiger partial charge on any atom is 0.249 e. The van der Waals surface area contributed by atoms with Crippen molar-refractivity contribution in [1.29, 1.82) is 0 Å². The van der Waals surface area contributed by atoms with Crippen LogP contribution in [0.3, 0.4) is 0 Å². The smallest absolute Gasteiger partial charge is 0.249 e. The molecule has 21 heavy (non-hydrogen) atoms. The van der Waals surface area contributed by atoms with Gasteiger partial charge < -0.3 is 9.42 Å². The van der Waals surface area contributed by atoms with Gasteiger partial charge in [-0.25, -0.2) is 0 Å². The molecule has 1 unspecified atom stereocenters. The summed E-state index contributed by atoms with van der Waals surface area (Å²) in [4.78, 5) is 18.8. The molecular formula is C16H19N3O2. The second kappa shape index (κ2) is 6.08. The summed E-state index contributed by atoms with van der Waals surface area (Å²) in [6, 6.07) is 9.76. The zero-order valence-electron chi connectivity index (χ0n) is 12.2.